The molecule has 0 spiro atoms. The van der Waals surface area contributed by atoms with Crippen LogP contribution in [-0.2, 0) is 0 Å². The highest BCUT2D eigenvalue weighted by molar-refractivity contribution is 7.80. The minimum absolute atomic E-state index is 0.567. The Bertz CT molecular complexity index is 2400. The maximum atomic E-state index is 5.03. The van der Waals surface area contributed by atoms with E-state index in [4.69, 9.17) is 42.5 Å². The number of rotatable bonds is 0. The molecule has 8 bridgehead atoms. The van der Waals surface area contributed by atoms with E-state index in [1.54, 1.807) is 0 Å². The Hall–Kier alpha value is -5.41. The molecule has 0 atom stereocenters. The molecule has 41 heavy (non-hydrogen) atoms. The largest absolute Gasteiger partial charge is 0.324 e. The van der Waals surface area contributed by atoms with E-state index in [1.807, 2.05) is 91.0 Å². The van der Waals surface area contributed by atoms with E-state index in [2.05, 4.69) is 9.97 Å². The van der Waals surface area contributed by atoms with Gasteiger partial charge in [-0.15, -0.1) is 12.6 Å². The fraction of sp³-hybridized carbons (Fsp3) is 0. The molecule has 0 saturated heterocycles. The van der Waals surface area contributed by atoms with E-state index >= 15 is 0 Å². The molecule has 4 aromatic carbocycles. The molecule has 3 aromatic heterocycles. The lowest BCUT2D eigenvalue weighted by Gasteiger charge is -1.97. The number of fused-ring (bicyclic) bond motifs is 20. The topological polar surface area (TPSA) is 109 Å². The monoisotopic (exact) mass is 546 g/mol. The first-order valence-corrected chi connectivity index (χ1v) is 13.6. The van der Waals surface area contributed by atoms with Crippen molar-refractivity contribution < 1.29 is 0 Å². The second-order valence-electron chi connectivity index (χ2n) is 9.95. The first kappa shape index (κ1) is 22.4. The van der Waals surface area contributed by atoms with Crippen LogP contribution >= 0.6 is 12.6 Å². The molecule has 9 rings (SSSR count). The molecule has 5 heterocycles. The Morgan fingerprint density at radius 3 is 1.29 bits per heavy atom. The van der Waals surface area contributed by atoms with Crippen molar-refractivity contribution in [3.63, 3.8) is 0 Å². The van der Waals surface area contributed by atoms with Crippen molar-refractivity contribution in [2.75, 3.05) is 0 Å². The summed E-state index contributed by atoms with van der Waals surface area (Å²) in [4.78, 5) is 37.6. The average Bonchev–Trinajstić information content (AvgIpc) is 3.73. The average molecular weight is 547 g/mol. The van der Waals surface area contributed by atoms with Crippen LogP contribution in [0.1, 0.15) is 0 Å². The third kappa shape index (κ3) is 3.30. The zero-order chi connectivity index (χ0) is 27.1. The van der Waals surface area contributed by atoms with Crippen molar-refractivity contribution in [3.8, 4) is 45.6 Å². The Morgan fingerprint density at radius 2 is 0.780 bits per heavy atom. The van der Waals surface area contributed by atoms with Crippen LogP contribution in [0.5, 0.6) is 0 Å². The summed E-state index contributed by atoms with van der Waals surface area (Å²) in [5.41, 5.74) is 6.25. The lowest BCUT2D eigenvalue weighted by atomic mass is 10.1. The van der Waals surface area contributed by atoms with Gasteiger partial charge < -0.3 is 9.97 Å². The number of aromatic amines is 2. The molecular formula is C32H18N8S. The Morgan fingerprint density at radius 1 is 0.390 bits per heavy atom. The number of nitrogens with zero attached hydrogens (tertiary/aromatic N) is 6. The second kappa shape index (κ2) is 8.30. The molecule has 8 nitrogen and oxygen atoms in total. The molecule has 9 heteroatoms. The summed E-state index contributed by atoms with van der Waals surface area (Å²) in [5, 5.41) is 3.65. The van der Waals surface area contributed by atoms with Gasteiger partial charge in [0.25, 0.3) is 0 Å². The molecule has 0 aliphatic carbocycles. The molecule has 2 aliphatic rings. The van der Waals surface area contributed by atoms with Crippen molar-refractivity contribution in [3.05, 3.63) is 91.0 Å². The van der Waals surface area contributed by atoms with Crippen molar-refractivity contribution >= 4 is 56.8 Å². The van der Waals surface area contributed by atoms with Crippen LogP contribution in [0, 0.1) is 0 Å². The molecule has 2 aliphatic heterocycles. The van der Waals surface area contributed by atoms with Crippen LogP contribution in [0.2, 0.25) is 0 Å². The lowest BCUT2D eigenvalue weighted by Crippen LogP contribution is -1.83. The van der Waals surface area contributed by atoms with Crippen molar-refractivity contribution in [2.24, 2.45) is 0 Å². The Balaban J connectivity index is 1.52. The minimum Gasteiger partial charge on any atom is -0.324 e. The standard InChI is InChI=1S/C32H18N8S/c41-23-15-7-14-22-24(23)32-39-30-21-13-6-5-12-20(21)28(37-30)35-26-17-9-2-1-8-16(17)25(33-26)34-27-18-10-3-4-11-19(18)29(36-27)38-31(22)40-32/h1-15,41H,(H2,33,34,35,36,37,38,39,40). The van der Waals surface area contributed by atoms with Gasteiger partial charge in [-0.25, -0.2) is 29.9 Å². The number of H-pyrrole nitrogens is 2. The van der Waals surface area contributed by atoms with E-state index in [0.29, 0.717) is 45.9 Å². The molecule has 0 amide bonds. The van der Waals surface area contributed by atoms with E-state index in [0.717, 1.165) is 48.7 Å². The molecule has 0 unspecified atom stereocenters. The van der Waals surface area contributed by atoms with Gasteiger partial charge in [-0.05, 0) is 6.07 Å². The van der Waals surface area contributed by atoms with E-state index in [9.17, 15) is 0 Å². The highest BCUT2D eigenvalue weighted by Crippen LogP contribution is 2.37. The van der Waals surface area contributed by atoms with Gasteiger partial charge in [0, 0.05) is 48.7 Å². The van der Waals surface area contributed by atoms with E-state index < -0.39 is 0 Å². The predicted molar refractivity (Wildman–Crippen MR) is 163 cm³/mol. The smallest absolute Gasteiger partial charge is 0.164 e. The third-order valence-corrected chi connectivity index (χ3v) is 7.93. The number of benzene rings is 4. The zero-order valence-corrected chi connectivity index (χ0v) is 22.2. The predicted octanol–water partition coefficient (Wildman–Crippen LogP) is 7.16. The van der Waals surface area contributed by atoms with Gasteiger partial charge in [-0.3, -0.25) is 0 Å². The summed E-state index contributed by atoms with van der Waals surface area (Å²) < 4.78 is 0. The molecule has 0 saturated carbocycles. The van der Waals surface area contributed by atoms with Crippen LogP contribution in [-0.4, -0.2) is 39.9 Å². The molecular weight excluding hydrogens is 528 g/mol. The summed E-state index contributed by atoms with van der Waals surface area (Å²) in [5.74, 6) is 2.30. The van der Waals surface area contributed by atoms with Gasteiger partial charge in [0.1, 0.15) is 22.6 Å². The van der Waals surface area contributed by atoms with Crippen LogP contribution in [0.4, 0.5) is 0 Å². The highest BCUT2D eigenvalue weighted by Gasteiger charge is 2.22. The minimum atomic E-state index is 0.567. The number of hydrogen-bond acceptors (Lipinski definition) is 7. The summed E-state index contributed by atoms with van der Waals surface area (Å²) >= 11 is 4.78. The Kier molecular flexibility index (Phi) is 4.53. The number of thiol groups is 1. The lowest BCUT2D eigenvalue weighted by molar-refractivity contribution is 1.19. The fourth-order valence-corrected chi connectivity index (χ4v) is 5.98. The fourth-order valence-electron chi connectivity index (χ4n) is 5.67. The SMILES string of the molecule is Sc1cccc2c3nc4nc(nc5[nH]c(nc6nc(nc([nH]3)c12)-c1ccccc1-6)c1ccccc51)-c1ccccc1-4. The number of hydrogen-bond donors (Lipinski definition) is 3. The van der Waals surface area contributed by atoms with Crippen LogP contribution in [0.25, 0.3) is 89.7 Å². The number of nitrogens with one attached hydrogen (secondary N) is 2. The zero-order valence-electron chi connectivity index (χ0n) is 21.3. The van der Waals surface area contributed by atoms with Gasteiger partial charge in [-0.2, -0.15) is 0 Å². The normalized spacial score (nSPS) is 12.0. The van der Waals surface area contributed by atoms with Crippen LogP contribution < -0.4 is 0 Å². The summed E-state index contributed by atoms with van der Waals surface area (Å²) in [6.07, 6.45) is 0. The first-order chi connectivity index (χ1) is 20.2. The molecule has 7 aromatic rings. The molecule has 0 radical (unpaired) electrons. The van der Waals surface area contributed by atoms with Gasteiger partial charge in [0.05, 0.1) is 0 Å². The van der Waals surface area contributed by atoms with E-state index in [-0.39, 0.29) is 0 Å². The van der Waals surface area contributed by atoms with Crippen molar-refractivity contribution in [1.82, 2.24) is 39.9 Å². The maximum Gasteiger partial charge on any atom is 0.164 e. The van der Waals surface area contributed by atoms with Crippen LogP contribution in [0.3, 0.4) is 0 Å². The van der Waals surface area contributed by atoms with Gasteiger partial charge in [0.2, 0.25) is 0 Å². The molecule has 2 N–H and O–H groups in total. The third-order valence-electron chi connectivity index (χ3n) is 7.56. The summed E-state index contributed by atoms with van der Waals surface area (Å²) in [7, 11) is 0. The summed E-state index contributed by atoms with van der Waals surface area (Å²) in [6, 6.07) is 30.0. The van der Waals surface area contributed by atoms with Gasteiger partial charge in [0.15, 0.2) is 23.3 Å². The van der Waals surface area contributed by atoms with Crippen LogP contribution in [0.15, 0.2) is 95.9 Å². The molecule has 192 valence electrons. The molecule has 0 fully saturated rings. The summed E-state index contributed by atoms with van der Waals surface area (Å²) in [6.45, 7) is 0. The first-order valence-electron chi connectivity index (χ1n) is 13.1. The second-order valence-corrected chi connectivity index (χ2v) is 10.4. The number of aromatic nitrogens is 8. The Labute approximate surface area is 237 Å². The van der Waals surface area contributed by atoms with Gasteiger partial charge in [-0.1, -0.05) is 84.9 Å². The van der Waals surface area contributed by atoms with Crippen molar-refractivity contribution in [2.45, 2.75) is 4.90 Å². The highest BCUT2D eigenvalue weighted by atomic mass is 32.1. The quantitative estimate of drug-likeness (QED) is 0.174. The van der Waals surface area contributed by atoms with Crippen molar-refractivity contribution in [1.29, 1.82) is 0 Å². The maximum absolute atomic E-state index is 5.03. The van der Waals surface area contributed by atoms with Gasteiger partial charge >= 0.3 is 0 Å². The van der Waals surface area contributed by atoms with E-state index in [1.165, 1.54) is 0 Å².